The molecule has 0 bridgehead atoms. The lowest BCUT2D eigenvalue weighted by atomic mass is 10.2. The molecule has 0 fully saturated rings. The molecule has 0 amide bonds. The fraction of sp³-hybridized carbons (Fsp3) is 0.143. The van der Waals surface area contributed by atoms with Gasteiger partial charge >= 0.3 is 5.97 Å². The van der Waals surface area contributed by atoms with Gasteiger partial charge in [0.25, 0.3) is 5.56 Å². The number of hydrogen-bond donors (Lipinski definition) is 0. The van der Waals surface area contributed by atoms with Gasteiger partial charge in [-0.15, -0.1) is 0 Å². The number of halogens is 1. The van der Waals surface area contributed by atoms with Crippen molar-refractivity contribution in [3.63, 3.8) is 0 Å². The van der Waals surface area contributed by atoms with Gasteiger partial charge in [-0.3, -0.25) is 4.79 Å². The maximum Gasteiger partial charge on any atom is 0.339 e. The van der Waals surface area contributed by atoms with Crippen molar-refractivity contribution in [2.75, 3.05) is 0 Å². The molecule has 0 spiro atoms. The van der Waals surface area contributed by atoms with E-state index in [1.165, 1.54) is 21.9 Å². The average molecular weight is 380 g/mol. The van der Waals surface area contributed by atoms with Crippen molar-refractivity contribution in [2.24, 2.45) is 0 Å². The van der Waals surface area contributed by atoms with Crippen LogP contribution in [0.2, 0.25) is 0 Å². The van der Waals surface area contributed by atoms with Gasteiger partial charge < -0.3 is 4.74 Å². The van der Waals surface area contributed by atoms with Crippen LogP contribution in [-0.4, -0.2) is 20.6 Å². The molecule has 0 aliphatic carbocycles. The van der Waals surface area contributed by atoms with E-state index in [-0.39, 0.29) is 12.2 Å². The second-order valence-corrected chi connectivity index (χ2v) is 6.47. The van der Waals surface area contributed by atoms with Crippen molar-refractivity contribution in [3.8, 4) is 0 Å². The van der Waals surface area contributed by atoms with E-state index >= 15 is 0 Å². The number of aryl methyl sites for hydroxylation is 1. The third kappa shape index (κ3) is 2.93. The normalized spacial score (nSPS) is 10.8. The van der Waals surface area contributed by atoms with Crippen LogP contribution in [-0.2, 0) is 11.3 Å². The summed E-state index contributed by atoms with van der Waals surface area (Å²) in [7, 11) is 0. The molecule has 1 aromatic carbocycles. The Morgan fingerprint density at radius 3 is 2.95 bits per heavy atom. The smallest absolute Gasteiger partial charge is 0.339 e. The highest BCUT2D eigenvalue weighted by Gasteiger charge is 2.12. The number of fused-ring (bicyclic) bond motifs is 1. The summed E-state index contributed by atoms with van der Waals surface area (Å²) in [6, 6.07) is 8.29. The summed E-state index contributed by atoms with van der Waals surface area (Å²) in [5.74, 6) is -0.477. The molecular formula is C14H10BrN3O3S. The van der Waals surface area contributed by atoms with Crippen LogP contribution in [0.5, 0.6) is 0 Å². The molecule has 3 rings (SSSR count). The van der Waals surface area contributed by atoms with E-state index in [1.807, 2.05) is 6.07 Å². The first-order chi connectivity index (χ1) is 10.5. The monoisotopic (exact) mass is 379 g/mol. The second-order valence-electron chi connectivity index (χ2n) is 4.46. The lowest BCUT2D eigenvalue weighted by Gasteiger charge is -2.05. The summed E-state index contributed by atoms with van der Waals surface area (Å²) in [5, 5.41) is 4.80. The van der Waals surface area contributed by atoms with Gasteiger partial charge in [-0.25, -0.2) is 9.78 Å². The minimum Gasteiger partial charge on any atom is -0.456 e. The number of ether oxygens (including phenoxy) is 1. The third-order valence-corrected chi connectivity index (χ3v) is 4.36. The van der Waals surface area contributed by atoms with Gasteiger partial charge in [-0.1, -0.05) is 23.5 Å². The van der Waals surface area contributed by atoms with Gasteiger partial charge in [0.15, 0.2) is 0 Å². The summed E-state index contributed by atoms with van der Waals surface area (Å²) in [6.07, 6.45) is 0. The number of hydrogen-bond acceptors (Lipinski definition) is 6. The van der Waals surface area contributed by atoms with E-state index in [1.54, 1.807) is 25.1 Å². The largest absolute Gasteiger partial charge is 0.456 e. The van der Waals surface area contributed by atoms with Crippen molar-refractivity contribution in [3.05, 3.63) is 61.4 Å². The van der Waals surface area contributed by atoms with Gasteiger partial charge in [0.1, 0.15) is 11.6 Å². The first-order valence-corrected chi connectivity index (χ1v) is 7.93. The average Bonchev–Trinajstić information content (AvgIpc) is 2.86. The van der Waals surface area contributed by atoms with Gasteiger partial charge in [0.05, 0.1) is 11.3 Å². The molecule has 0 saturated carbocycles. The third-order valence-electron chi connectivity index (χ3n) is 2.84. The highest BCUT2D eigenvalue weighted by Crippen LogP contribution is 2.17. The number of aromatic nitrogens is 3. The molecule has 22 heavy (non-hydrogen) atoms. The Hall–Kier alpha value is -2.06. The number of carbonyl (C=O) groups excluding carboxylic acids is 1. The topological polar surface area (TPSA) is 73.6 Å². The van der Waals surface area contributed by atoms with E-state index in [0.29, 0.717) is 20.7 Å². The molecule has 0 aliphatic heterocycles. The molecule has 3 aromatic rings. The van der Waals surface area contributed by atoms with E-state index in [2.05, 4.69) is 26.0 Å². The van der Waals surface area contributed by atoms with Gasteiger partial charge in [-0.2, -0.15) is 9.61 Å². The fourth-order valence-electron chi connectivity index (χ4n) is 1.87. The van der Waals surface area contributed by atoms with Crippen molar-refractivity contribution >= 4 is 38.2 Å². The minimum atomic E-state index is -0.477. The second kappa shape index (κ2) is 5.98. The van der Waals surface area contributed by atoms with Crippen LogP contribution in [0.3, 0.4) is 0 Å². The Bertz CT molecular complexity index is 919. The van der Waals surface area contributed by atoms with Crippen molar-refractivity contribution in [1.82, 2.24) is 14.6 Å². The number of benzene rings is 1. The Kier molecular flexibility index (Phi) is 4.04. The Morgan fingerprint density at radius 1 is 1.41 bits per heavy atom. The molecule has 2 heterocycles. The van der Waals surface area contributed by atoms with E-state index in [0.717, 1.165) is 5.01 Å². The van der Waals surface area contributed by atoms with Crippen LogP contribution in [0.4, 0.5) is 0 Å². The van der Waals surface area contributed by atoms with Crippen LogP contribution >= 0.6 is 27.3 Å². The molecule has 0 unspecified atom stereocenters. The number of nitrogens with zero attached hydrogens (tertiary/aromatic N) is 3. The highest BCUT2D eigenvalue weighted by atomic mass is 79.9. The molecule has 112 valence electrons. The molecule has 6 nitrogen and oxygen atoms in total. The highest BCUT2D eigenvalue weighted by molar-refractivity contribution is 9.10. The Labute approximate surface area is 137 Å². The minimum absolute atomic E-state index is 0.0666. The predicted molar refractivity (Wildman–Crippen MR) is 85.1 cm³/mol. The predicted octanol–water partition coefficient (Wildman–Crippen LogP) is 2.58. The zero-order valence-electron chi connectivity index (χ0n) is 11.4. The van der Waals surface area contributed by atoms with Gasteiger partial charge in [-0.05, 0) is 35.0 Å². The van der Waals surface area contributed by atoms with Crippen molar-refractivity contribution in [2.45, 2.75) is 13.5 Å². The lowest BCUT2D eigenvalue weighted by Crippen LogP contribution is -2.16. The van der Waals surface area contributed by atoms with Crippen molar-refractivity contribution in [1.29, 1.82) is 0 Å². The van der Waals surface area contributed by atoms with Gasteiger partial charge in [0.2, 0.25) is 4.96 Å². The van der Waals surface area contributed by atoms with E-state index in [4.69, 9.17) is 4.74 Å². The van der Waals surface area contributed by atoms with Crippen LogP contribution in [0, 0.1) is 6.92 Å². The lowest BCUT2D eigenvalue weighted by molar-refractivity contribution is 0.0466. The fourth-order valence-corrected chi connectivity index (χ4v) is 3.08. The summed E-state index contributed by atoms with van der Waals surface area (Å²) < 4.78 is 7.10. The first-order valence-electron chi connectivity index (χ1n) is 6.32. The molecule has 0 atom stereocenters. The maximum absolute atomic E-state index is 12.0. The molecule has 0 saturated heterocycles. The molecule has 0 N–H and O–H groups in total. The molecule has 0 aliphatic rings. The Balaban J connectivity index is 1.81. The number of rotatable bonds is 3. The SMILES string of the molecule is Cc1nn2c(=O)cc(COC(=O)c3ccccc3Br)nc2s1. The molecule has 0 radical (unpaired) electrons. The molecule has 8 heteroatoms. The summed E-state index contributed by atoms with van der Waals surface area (Å²) in [4.78, 5) is 28.7. The molecular weight excluding hydrogens is 370 g/mol. The van der Waals surface area contributed by atoms with Crippen LogP contribution in [0.15, 0.2) is 39.6 Å². The Morgan fingerprint density at radius 2 is 2.18 bits per heavy atom. The summed E-state index contributed by atoms with van der Waals surface area (Å²) in [5.41, 5.74) is 0.532. The summed E-state index contributed by atoms with van der Waals surface area (Å²) >= 11 is 4.60. The standard InChI is InChI=1S/C14H10BrN3O3S/c1-8-17-18-12(19)6-9(16-14(18)22-8)7-21-13(20)10-4-2-3-5-11(10)15/h2-6H,7H2,1H3. The maximum atomic E-state index is 12.0. The number of esters is 1. The van der Waals surface area contributed by atoms with Crippen LogP contribution < -0.4 is 5.56 Å². The molecule has 2 aromatic heterocycles. The van der Waals surface area contributed by atoms with Crippen LogP contribution in [0.25, 0.3) is 4.96 Å². The quantitative estimate of drug-likeness (QED) is 0.653. The number of carbonyl (C=O) groups is 1. The zero-order valence-corrected chi connectivity index (χ0v) is 13.8. The van der Waals surface area contributed by atoms with Gasteiger partial charge in [0, 0.05) is 10.5 Å². The van der Waals surface area contributed by atoms with E-state index < -0.39 is 5.97 Å². The zero-order chi connectivity index (χ0) is 15.7. The van der Waals surface area contributed by atoms with Crippen LogP contribution in [0.1, 0.15) is 21.1 Å². The first kappa shape index (κ1) is 14.9. The van der Waals surface area contributed by atoms with E-state index in [9.17, 15) is 9.59 Å². The van der Waals surface area contributed by atoms with Crippen molar-refractivity contribution < 1.29 is 9.53 Å². The summed E-state index contributed by atoms with van der Waals surface area (Å²) in [6.45, 7) is 1.73.